The number of benzene rings is 1. The molecule has 1 aliphatic rings. The molecular formula is C12H12F3N3O. The molecular weight excluding hydrogens is 259 g/mol. The van der Waals surface area contributed by atoms with Crippen molar-refractivity contribution in [1.29, 1.82) is 5.26 Å². The van der Waals surface area contributed by atoms with E-state index in [2.05, 4.69) is 0 Å². The first-order chi connectivity index (χ1) is 8.93. The van der Waals surface area contributed by atoms with Gasteiger partial charge in [0.2, 0.25) is 0 Å². The Morgan fingerprint density at radius 3 is 2.42 bits per heavy atom. The second-order valence-electron chi connectivity index (χ2n) is 4.17. The summed E-state index contributed by atoms with van der Waals surface area (Å²) in [6.45, 7) is 1.72. The Labute approximate surface area is 108 Å². The Balaban J connectivity index is 2.50. The Hall–Kier alpha value is -1.94. The van der Waals surface area contributed by atoms with Gasteiger partial charge in [-0.25, -0.2) is 0 Å². The lowest BCUT2D eigenvalue weighted by Gasteiger charge is -2.30. The van der Waals surface area contributed by atoms with Gasteiger partial charge in [-0.1, -0.05) is 0 Å². The normalized spacial score (nSPS) is 16.2. The molecule has 0 saturated carbocycles. The summed E-state index contributed by atoms with van der Waals surface area (Å²) in [5.41, 5.74) is 4.86. The molecule has 4 nitrogen and oxygen atoms in total. The summed E-state index contributed by atoms with van der Waals surface area (Å²) in [5.74, 6) is 0. The average Bonchev–Trinajstić information content (AvgIpc) is 2.37. The maximum absolute atomic E-state index is 12.8. The summed E-state index contributed by atoms with van der Waals surface area (Å²) in [6.07, 6.45) is -4.48. The van der Waals surface area contributed by atoms with Gasteiger partial charge >= 0.3 is 6.18 Å². The van der Waals surface area contributed by atoms with Crippen molar-refractivity contribution in [2.24, 2.45) is 0 Å². The van der Waals surface area contributed by atoms with Crippen molar-refractivity contribution in [3.05, 3.63) is 23.3 Å². The molecule has 0 aliphatic carbocycles. The molecule has 1 aromatic carbocycles. The summed E-state index contributed by atoms with van der Waals surface area (Å²) >= 11 is 0. The number of hydrogen-bond acceptors (Lipinski definition) is 4. The quantitative estimate of drug-likeness (QED) is 0.793. The van der Waals surface area contributed by atoms with Gasteiger partial charge in [0.15, 0.2) is 0 Å². The SMILES string of the molecule is N#Cc1c(N)cc(C(F)(F)F)cc1N1CCOCC1. The van der Waals surface area contributed by atoms with Gasteiger partial charge in [-0.3, -0.25) is 0 Å². The Morgan fingerprint density at radius 2 is 1.89 bits per heavy atom. The van der Waals surface area contributed by atoms with E-state index in [1.54, 1.807) is 4.90 Å². The standard InChI is InChI=1S/C12H12F3N3O/c13-12(14,15)8-5-10(17)9(7-16)11(6-8)18-1-3-19-4-2-18/h5-6H,1-4,17H2. The van der Waals surface area contributed by atoms with Crippen molar-refractivity contribution in [1.82, 2.24) is 0 Å². The summed E-state index contributed by atoms with van der Waals surface area (Å²) in [5, 5.41) is 9.05. The lowest BCUT2D eigenvalue weighted by atomic mass is 10.1. The molecule has 0 spiro atoms. The van der Waals surface area contributed by atoms with Gasteiger partial charge in [-0.05, 0) is 12.1 Å². The molecule has 2 rings (SSSR count). The number of hydrogen-bond donors (Lipinski definition) is 1. The van der Waals surface area contributed by atoms with E-state index in [-0.39, 0.29) is 16.9 Å². The largest absolute Gasteiger partial charge is 0.416 e. The molecule has 2 N–H and O–H groups in total. The fourth-order valence-electron chi connectivity index (χ4n) is 1.99. The summed E-state index contributed by atoms with van der Waals surface area (Å²) in [6, 6.07) is 3.63. The number of nitrogens with zero attached hydrogens (tertiary/aromatic N) is 2. The molecule has 1 heterocycles. The zero-order valence-electron chi connectivity index (χ0n) is 10.00. The number of morpholine rings is 1. The van der Waals surface area contributed by atoms with Crippen LogP contribution in [0.25, 0.3) is 0 Å². The van der Waals surface area contributed by atoms with Gasteiger partial charge in [0.25, 0.3) is 0 Å². The zero-order chi connectivity index (χ0) is 14.0. The molecule has 102 valence electrons. The van der Waals surface area contributed by atoms with Crippen LogP contribution < -0.4 is 10.6 Å². The van der Waals surface area contributed by atoms with Crippen molar-refractivity contribution >= 4 is 11.4 Å². The Bertz CT molecular complexity index is 516. The van der Waals surface area contributed by atoms with Crippen LogP contribution >= 0.6 is 0 Å². The first kappa shape index (κ1) is 13.5. The van der Waals surface area contributed by atoms with Crippen LogP contribution in [-0.4, -0.2) is 26.3 Å². The highest BCUT2D eigenvalue weighted by atomic mass is 19.4. The molecule has 0 amide bonds. The highest BCUT2D eigenvalue weighted by Crippen LogP contribution is 2.36. The maximum Gasteiger partial charge on any atom is 0.416 e. The van der Waals surface area contributed by atoms with Gasteiger partial charge in [0.05, 0.1) is 35.7 Å². The second kappa shape index (κ2) is 4.97. The average molecular weight is 271 g/mol. The monoisotopic (exact) mass is 271 g/mol. The third-order valence-electron chi connectivity index (χ3n) is 2.94. The van der Waals surface area contributed by atoms with Crippen molar-refractivity contribution in [3.8, 4) is 6.07 Å². The van der Waals surface area contributed by atoms with Crippen molar-refractivity contribution < 1.29 is 17.9 Å². The molecule has 0 radical (unpaired) electrons. The highest BCUT2D eigenvalue weighted by molar-refractivity contribution is 5.72. The lowest BCUT2D eigenvalue weighted by Crippen LogP contribution is -2.37. The molecule has 1 aliphatic heterocycles. The van der Waals surface area contributed by atoms with E-state index in [1.165, 1.54) is 0 Å². The van der Waals surface area contributed by atoms with Gasteiger partial charge in [-0.2, -0.15) is 18.4 Å². The van der Waals surface area contributed by atoms with E-state index in [9.17, 15) is 13.2 Å². The molecule has 7 heteroatoms. The third-order valence-corrected chi connectivity index (χ3v) is 2.94. The topological polar surface area (TPSA) is 62.3 Å². The van der Waals surface area contributed by atoms with Gasteiger partial charge < -0.3 is 15.4 Å². The number of nitrogens with two attached hydrogens (primary N) is 1. The Morgan fingerprint density at radius 1 is 1.26 bits per heavy atom. The van der Waals surface area contributed by atoms with Crippen molar-refractivity contribution in [2.45, 2.75) is 6.18 Å². The predicted octanol–water partition coefficient (Wildman–Crippen LogP) is 2.00. The van der Waals surface area contributed by atoms with Gasteiger partial charge in [0.1, 0.15) is 6.07 Å². The lowest BCUT2D eigenvalue weighted by molar-refractivity contribution is -0.137. The van der Waals surface area contributed by atoms with Crippen LogP contribution in [-0.2, 0) is 10.9 Å². The molecule has 19 heavy (non-hydrogen) atoms. The third kappa shape index (κ3) is 2.74. The van der Waals surface area contributed by atoms with Crippen LogP contribution in [0.2, 0.25) is 0 Å². The van der Waals surface area contributed by atoms with E-state index >= 15 is 0 Å². The van der Waals surface area contributed by atoms with E-state index in [0.29, 0.717) is 26.3 Å². The molecule has 0 atom stereocenters. The number of alkyl halides is 3. The number of nitriles is 1. The summed E-state index contributed by atoms with van der Waals surface area (Å²) in [7, 11) is 0. The second-order valence-corrected chi connectivity index (χ2v) is 4.17. The first-order valence-electron chi connectivity index (χ1n) is 5.67. The van der Waals surface area contributed by atoms with E-state index < -0.39 is 11.7 Å². The van der Waals surface area contributed by atoms with Crippen LogP contribution in [0.5, 0.6) is 0 Å². The van der Waals surface area contributed by atoms with Crippen molar-refractivity contribution in [2.75, 3.05) is 36.9 Å². The molecule has 0 aromatic heterocycles. The molecule has 0 bridgehead atoms. The first-order valence-corrected chi connectivity index (χ1v) is 5.67. The number of anilines is 2. The maximum atomic E-state index is 12.8. The van der Waals surface area contributed by atoms with Crippen LogP contribution in [0.15, 0.2) is 12.1 Å². The zero-order valence-corrected chi connectivity index (χ0v) is 10.00. The van der Waals surface area contributed by atoms with E-state index in [4.69, 9.17) is 15.7 Å². The molecule has 1 fully saturated rings. The number of ether oxygens (including phenoxy) is 1. The molecule has 1 aromatic rings. The number of halogens is 3. The van der Waals surface area contributed by atoms with E-state index in [0.717, 1.165) is 12.1 Å². The predicted molar refractivity (Wildman–Crippen MR) is 63.6 cm³/mol. The smallest absolute Gasteiger partial charge is 0.398 e. The minimum absolute atomic E-state index is 0.0786. The van der Waals surface area contributed by atoms with Gasteiger partial charge in [-0.15, -0.1) is 0 Å². The van der Waals surface area contributed by atoms with Gasteiger partial charge in [0, 0.05) is 13.1 Å². The molecule has 1 saturated heterocycles. The fourth-order valence-corrected chi connectivity index (χ4v) is 1.99. The fraction of sp³-hybridized carbons (Fsp3) is 0.417. The van der Waals surface area contributed by atoms with Crippen LogP contribution in [0.3, 0.4) is 0 Å². The van der Waals surface area contributed by atoms with Crippen LogP contribution in [0, 0.1) is 11.3 Å². The number of nitrogen functional groups attached to an aromatic ring is 1. The summed E-state index contributed by atoms with van der Waals surface area (Å²) in [4.78, 5) is 1.69. The molecule has 0 unspecified atom stereocenters. The highest BCUT2D eigenvalue weighted by Gasteiger charge is 2.33. The van der Waals surface area contributed by atoms with Crippen molar-refractivity contribution in [3.63, 3.8) is 0 Å². The summed E-state index contributed by atoms with van der Waals surface area (Å²) < 4.78 is 43.5. The Kier molecular flexibility index (Phi) is 3.53. The van der Waals surface area contributed by atoms with E-state index in [1.807, 2.05) is 6.07 Å². The minimum atomic E-state index is -4.48. The minimum Gasteiger partial charge on any atom is -0.398 e. The van der Waals surface area contributed by atoms with Crippen LogP contribution in [0.4, 0.5) is 24.5 Å². The van der Waals surface area contributed by atoms with Crippen LogP contribution in [0.1, 0.15) is 11.1 Å². The number of rotatable bonds is 1.